The number of phenolic OH excluding ortho intramolecular Hbond substituents is 1. The van der Waals surface area contributed by atoms with Gasteiger partial charge in [-0.15, -0.1) is 0 Å². The molecule has 174 valence electrons. The lowest BCUT2D eigenvalue weighted by Gasteiger charge is -2.27. The fourth-order valence-electron chi connectivity index (χ4n) is 2.97. The Morgan fingerprint density at radius 2 is 1.97 bits per heavy atom. The number of nitrogens with zero attached hydrogens (tertiary/aromatic N) is 1. The smallest absolute Gasteiger partial charge is 0.412 e. The van der Waals surface area contributed by atoms with Crippen LogP contribution in [-0.4, -0.2) is 35.0 Å². The van der Waals surface area contributed by atoms with E-state index in [9.17, 15) is 19.1 Å². The predicted octanol–water partition coefficient (Wildman–Crippen LogP) is 3.94. The van der Waals surface area contributed by atoms with Crippen LogP contribution in [0.1, 0.15) is 37.0 Å². The first kappa shape index (κ1) is 25.3. The Balaban J connectivity index is 2.23. The number of carbonyl (C=O) groups excluding carboxylic acids is 2. The number of benzene rings is 2. The number of carbonyl (C=O) groups is 2. The molecule has 10 heteroatoms. The van der Waals surface area contributed by atoms with E-state index in [1.54, 1.807) is 6.92 Å². The van der Waals surface area contributed by atoms with Crippen molar-refractivity contribution in [3.05, 3.63) is 71.6 Å². The molecule has 2 aromatic carbocycles. The number of anilines is 1. The van der Waals surface area contributed by atoms with E-state index in [0.29, 0.717) is 24.1 Å². The van der Waals surface area contributed by atoms with Crippen molar-refractivity contribution in [3.8, 4) is 11.8 Å². The van der Waals surface area contributed by atoms with E-state index < -0.39 is 35.8 Å². The van der Waals surface area contributed by atoms with Crippen LogP contribution in [-0.2, 0) is 14.3 Å². The molecule has 4 N–H and O–H groups in total. The van der Waals surface area contributed by atoms with E-state index in [2.05, 4.69) is 5.32 Å². The number of nitriles is 1. The Hall–Kier alpha value is -3.94. The van der Waals surface area contributed by atoms with Gasteiger partial charge in [-0.05, 0) is 61.7 Å². The fourth-order valence-corrected chi connectivity index (χ4v) is 2.97. The van der Waals surface area contributed by atoms with Gasteiger partial charge in [0.15, 0.2) is 17.7 Å². The third kappa shape index (κ3) is 7.92. The van der Waals surface area contributed by atoms with Gasteiger partial charge in [-0.1, -0.05) is 12.1 Å². The maximum absolute atomic E-state index is 14.0. The summed E-state index contributed by atoms with van der Waals surface area (Å²) in [7, 11) is 0. The highest BCUT2D eigenvalue weighted by Gasteiger charge is 2.28. The van der Waals surface area contributed by atoms with Crippen molar-refractivity contribution in [1.29, 1.82) is 5.26 Å². The van der Waals surface area contributed by atoms with Gasteiger partial charge in [0, 0.05) is 18.4 Å². The molecule has 0 aliphatic heterocycles. The minimum absolute atomic E-state index is 0.260. The summed E-state index contributed by atoms with van der Waals surface area (Å²) >= 11 is 0. The van der Waals surface area contributed by atoms with Crippen LogP contribution in [0.5, 0.6) is 5.75 Å². The lowest BCUT2D eigenvalue weighted by molar-refractivity contribution is -0.124. The first-order valence-electron chi connectivity index (χ1n) is 10.1. The van der Waals surface area contributed by atoms with E-state index >= 15 is 0 Å². The fraction of sp³-hybridized carbons (Fsp3) is 0.261. The zero-order valence-electron chi connectivity index (χ0n) is 17.8. The molecule has 2 aromatic rings. The highest BCUT2D eigenvalue weighted by atomic mass is 19.1. The van der Waals surface area contributed by atoms with Gasteiger partial charge in [0.05, 0.1) is 17.7 Å². The van der Waals surface area contributed by atoms with Gasteiger partial charge in [-0.2, -0.15) is 5.26 Å². The molecule has 2 atom stereocenters. The van der Waals surface area contributed by atoms with Crippen molar-refractivity contribution in [3.63, 3.8) is 0 Å². The molecular weight excluding hydrogens is 433 g/mol. The molecule has 0 saturated heterocycles. The summed E-state index contributed by atoms with van der Waals surface area (Å²) in [6.45, 7) is 2.01. The summed E-state index contributed by atoms with van der Waals surface area (Å²) < 4.78 is 25.3. The van der Waals surface area contributed by atoms with Crippen LogP contribution in [0.2, 0.25) is 0 Å². The van der Waals surface area contributed by atoms with Gasteiger partial charge in [-0.3, -0.25) is 15.3 Å². The highest BCUT2D eigenvalue weighted by Crippen LogP contribution is 2.30. The standard InChI is InChI=1S/C23H24FN3O6/c1-2-32-20(5-3-4-6-21(29)27-31)22(16-9-12-19(28)18(24)13-16)33-23(30)26-17-10-7-15(14-25)8-11-17/h4,6-13,20,22,28,31H,2-3,5H2,1H3,(H,26,30)(H,27,29)/b6-4+/t20-,22-/m0/s1. The number of ether oxygens (including phenoxy) is 2. The molecule has 0 unspecified atom stereocenters. The molecule has 0 saturated carbocycles. The normalized spacial score (nSPS) is 12.5. The third-order valence-corrected chi connectivity index (χ3v) is 4.51. The molecule has 2 rings (SSSR count). The summed E-state index contributed by atoms with van der Waals surface area (Å²) in [4.78, 5) is 23.7. The summed E-state index contributed by atoms with van der Waals surface area (Å²) in [5.74, 6) is -2.13. The molecule has 0 heterocycles. The second-order valence-corrected chi connectivity index (χ2v) is 6.80. The van der Waals surface area contributed by atoms with Crippen molar-refractivity contribution in [2.75, 3.05) is 11.9 Å². The average Bonchev–Trinajstić information content (AvgIpc) is 2.81. The lowest BCUT2D eigenvalue weighted by atomic mass is 9.99. The van der Waals surface area contributed by atoms with Crippen LogP contribution in [0, 0.1) is 17.1 Å². The number of hydroxylamine groups is 1. The molecule has 0 spiro atoms. The zero-order chi connectivity index (χ0) is 24.2. The summed E-state index contributed by atoms with van der Waals surface area (Å²) in [6, 6.07) is 11.7. The second-order valence-electron chi connectivity index (χ2n) is 6.80. The Morgan fingerprint density at radius 1 is 1.24 bits per heavy atom. The number of rotatable bonds is 10. The molecule has 0 fully saturated rings. The number of halogens is 1. The summed E-state index contributed by atoms with van der Waals surface area (Å²) in [6.07, 6.45) is 0.666. The van der Waals surface area contributed by atoms with Gasteiger partial charge in [0.25, 0.3) is 5.91 Å². The molecule has 0 bridgehead atoms. The topological polar surface area (TPSA) is 141 Å². The number of hydrogen-bond donors (Lipinski definition) is 4. The van der Waals surface area contributed by atoms with Crippen molar-refractivity contribution < 1.29 is 33.8 Å². The lowest BCUT2D eigenvalue weighted by Crippen LogP contribution is -2.29. The molecule has 33 heavy (non-hydrogen) atoms. The maximum Gasteiger partial charge on any atom is 0.412 e. The Morgan fingerprint density at radius 3 is 2.58 bits per heavy atom. The Kier molecular flexibility index (Phi) is 9.82. The van der Waals surface area contributed by atoms with Crippen molar-refractivity contribution in [2.45, 2.75) is 32.0 Å². The SMILES string of the molecule is CCO[C@@H](CC/C=C/C(=O)NO)[C@@H](OC(=O)Nc1ccc(C#N)cc1)c1ccc(O)c(F)c1. The average molecular weight is 457 g/mol. The van der Waals surface area contributed by atoms with Crippen molar-refractivity contribution in [2.24, 2.45) is 0 Å². The number of phenols is 1. The number of nitrogens with one attached hydrogen (secondary N) is 2. The minimum atomic E-state index is -1.04. The minimum Gasteiger partial charge on any atom is -0.505 e. The molecule has 0 aliphatic rings. The predicted molar refractivity (Wildman–Crippen MR) is 116 cm³/mol. The van der Waals surface area contributed by atoms with Gasteiger partial charge >= 0.3 is 6.09 Å². The van der Waals surface area contributed by atoms with Gasteiger partial charge in [-0.25, -0.2) is 14.7 Å². The van der Waals surface area contributed by atoms with Crippen LogP contribution in [0.4, 0.5) is 14.9 Å². The van der Waals surface area contributed by atoms with Crippen LogP contribution in [0.15, 0.2) is 54.6 Å². The summed E-state index contributed by atoms with van der Waals surface area (Å²) in [5, 5.41) is 29.5. The van der Waals surface area contributed by atoms with Crippen LogP contribution in [0.3, 0.4) is 0 Å². The number of amides is 2. The number of allylic oxidation sites excluding steroid dienone is 1. The molecule has 0 aliphatic carbocycles. The van der Waals surface area contributed by atoms with Crippen LogP contribution >= 0.6 is 0 Å². The van der Waals surface area contributed by atoms with Gasteiger partial charge in [0.1, 0.15) is 0 Å². The number of hydrogen-bond acceptors (Lipinski definition) is 7. The van der Waals surface area contributed by atoms with Gasteiger partial charge < -0.3 is 14.6 Å². The Labute approximate surface area is 190 Å². The first-order chi connectivity index (χ1) is 15.9. The van der Waals surface area contributed by atoms with Crippen LogP contribution < -0.4 is 10.8 Å². The Bertz CT molecular complexity index is 1020. The largest absolute Gasteiger partial charge is 0.505 e. The van der Waals surface area contributed by atoms with E-state index in [-0.39, 0.29) is 12.2 Å². The maximum atomic E-state index is 14.0. The molecule has 9 nitrogen and oxygen atoms in total. The molecule has 2 amide bonds. The molecule has 0 radical (unpaired) electrons. The molecular formula is C23H24FN3O6. The van der Waals surface area contributed by atoms with Crippen molar-refractivity contribution >= 4 is 17.7 Å². The van der Waals surface area contributed by atoms with E-state index in [1.165, 1.54) is 41.9 Å². The van der Waals surface area contributed by atoms with E-state index in [0.717, 1.165) is 18.2 Å². The van der Waals surface area contributed by atoms with Gasteiger partial charge in [0.2, 0.25) is 0 Å². The quantitative estimate of drug-likeness (QED) is 0.241. The monoisotopic (exact) mass is 457 g/mol. The molecule has 0 aromatic heterocycles. The third-order valence-electron chi connectivity index (χ3n) is 4.51. The van der Waals surface area contributed by atoms with E-state index in [4.69, 9.17) is 19.9 Å². The van der Waals surface area contributed by atoms with E-state index in [1.807, 2.05) is 6.07 Å². The first-order valence-corrected chi connectivity index (χ1v) is 10.1. The highest BCUT2D eigenvalue weighted by molar-refractivity contribution is 5.86. The van der Waals surface area contributed by atoms with Crippen LogP contribution in [0.25, 0.3) is 0 Å². The summed E-state index contributed by atoms with van der Waals surface area (Å²) in [5.41, 5.74) is 2.55. The van der Waals surface area contributed by atoms with Crippen molar-refractivity contribution in [1.82, 2.24) is 5.48 Å². The second kappa shape index (κ2) is 12.8. The zero-order valence-corrected chi connectivity index (χ0v) is 17.8. The number of aromatic hydroxyl groups is 1.